The molecule has 0 radical (unpaired) electrons. The van der Waals surface area contributed by atoms with Crippen LogP contribution < -0.4 is 5.56 Å². The number of hydrogen-bond acceptors (Lipinski definition) is 1. The minimum absolute atomic E-state index is 0.0867. The van der Waals surface area contributed by atoms with Gasteiger partial charge in [0.25, 0.3) is 5.56 Å². The zero-order chi connectivity index (χ0) is 8.97. The van der Waals surface area contributed by atoms with Crippen molar-refractivity contribution in [2.75, 3.05) is 0 Å². The molecule has 0 spiro atoms. The van der Waals surface area contributed by atoms with Gasteiger partial charge in [-0.05, 0) is 13.3 Å². The molecule has 0 saturated heterocycles. The van der Waals surface area contributed by atoms with Gasteiger partial charge in [0.2, 0.25) is 0 Å². The molecule has 68 valence electrons. The van der Waals surface area contributed by atoms with Crippen LogP contribution in [0.5, 0.6) is 0 Å². The fraction of sp³-hybridized carbons (Fsp3) is 0.667. The van der Waals surface area contributed by atoms with Crippen molar-refractivity contribution in [2.24, 2.45) is 0 Å². The molecule has 0 atom stereocenters. The molecule has 0 aliphatic heterocycles. The summed E-state index contributed by atoms with van der Waals surface area (Å²) in [6.07, 6.45) is 3.45. The number of nitrogens with one attached hydrogen (secondary N) is 1. The molecule has 0 aromatic carbocycles. The van der Waals surface area contributed by atoms with Crippen LogP contribution in [0.1, 0.15) is 31.9 Å². The first-order valence-corrected chi connectivity index (χ1v) is 4.50. The van der Waals surface area contributed by atoms with Gasteiger partial charge < -0.3 is 5.10 Å². The molecule has 0 aliphatic rings. The highest BCUT2D eigenvalue weighted by Gasteiger charge is 1.97. The maximum Gasteiger partial charge on any atom is 0.266 e. The number of hydrogen-bond donors (Lipinski definition) is 1. The molecule has 0 bridgehead atoms. The van der Waals surface area contributed by atoms with Crippen molar-refractivity contribution in [1.82, 2.24) is 9.78 Å². The number of rotatable bonds is 4. The summed E-state index contributed by atoms with van der Waals surface area (Å²) < 4.78 is 1.67. The van der Waals surface area contributed by atoms with Crippen LogP contribution in [0, 0.1) is 6.92 Å². The molecule has 0 unspecified atom stereocenters. The van der Waals surface area contributed by atoms with Gasteiger partial charge in [-0.3, -0.25) is 9.48 Å². The van der Waals surface area contributed by atoms with E-state index in [2.05, 4.69) is 12.0 Å². The average molecular weight is 168 g/mol. The van der Waals surface area contributed by atoms with E-state index in [4.69, 9.17) is 0 Å². The molecule has 3 nitrogen and oxygen atoms in total. The molecule has 0 fully saturated rings. The summed E-state index contributed by atoms with van der Waals surface area (Å²) in [6.45, 7) is 4.88. The molecule has 1 rings (SSSR count). The first-order chi connectivity index (χ1) is 5.74. The molecule has 0 amide bonds. The highest BCUT2D eigenvalue weighted by atomic mass is 16.1. The third kappa shape index (κ3) is 2.26. The van der Waals surface area contributed by atoms with E-state index >= 15 is 0 Å². The van der Waals surface area contributed by atoms with Gasteiger partial charge in [0.05, 0.1) is 0 Å². The van der Waals surface area contributed by atoms with Crippen molar-refractivity contribution in [3.63, 3.8) is 0 Å². The van der Waals surface area contributed by atoms with Gasteiger partial charge in [0.15, 0.2) is 0 Å². The van der Waals surface area contributed by atoms with Gasteiger partial charge in [0, 0.05) is 18.3 Å². The van der Waals surface area contributed by atoms with Gasteiger partial charge in [-0.2, -0.15) is 0 Å². The summed E-state index contributed by atoms with van der Waals surface area (Å²) in [5.74, 6) is 0. The number of nitrogens with zero attached hydrogens (tertiary/aromatic N) is 1. The lowest BCUT2D eigenvalue weighted by atomic mass is 10.2. The Labute approximate surface area is 72.4 Å². The summed E-state index contributed by atoms with van der Waals surface area (Å²) in [5.41, 5.74) is 1.03. The zero-order valence-electron chi connectivity index (χ0n) is 7.76. The molecule has 1 N–H and O–H groups in total. The standard InChI is InChI=1S/C9H16N2O/c1-3-4-5-6-11-9(12)7-8(2)10-11/h7,10H,3-6H2,1-2H3. The Balaban J connectivity index is 2.51. The molecule has 1 aromatic heterocycles. The summed E-state index contributed by atoms with van der Waals surface area (Å²) >= 11 is 0. The third-order valence-corrected chi connectivity index (χ3v) is 1.90. The first-order valence-electron chi connectivity index (χ1n) is 4.50. The number of unbranched alkanes of at least 4 members (excludes halogenated alkanes) is 2. The fourth-order valence-corrected chi connectivity index (χ4v) is 1.25. The van der Waals surface area contributed by atoms with E-state index in [1.165, 1.54) is 12.8 Å². The lowest BCUT2D eigenvalue weighted by molar-refractivity contribution is 0.538. The second-order valence-corrected chi connectivity index (χ2v) is 3.14. The predicted molar refractivity (Wildman–Crippen MR) is 49.3 cm³/mol. The van der Waals surface area contributed by atoms with Gasteiger partial charge in [-0.25, -0.2) is 0 Å². The Kier molecular flexibility index (Phi) is 3.14. The molecule has 0 aliphatic carbocycles. The number of aryl methyl sites for hydroxylation is 2. The van der Waals surface area contributed by atoms with E-state index in [-0.39, 0.29) is 5.56 Å². The minimum atomic E-state index is 0.0867. The number of aromatic nitrogens is 2. The Morgan fingerprint density at radius 2 is 2.25 bits per heavy atom. The Morgan fingerprint density at radius 1 is 1.50 bits per heavy atom. The summed E-state index contributed by atoms with van der Waals surface area (Å²) in [7, 11) is 0. The summed E-state index contributed by atoms with van der Waals surface area (Å²) in [6, 6.07) is 1.63. The van der Waals surface area contributed by atoms with Gasteiger partial charge in [-0.1, -0.05) is 19.8 Å². The molecule has 1 aromatic rings. The topological polar surface area (TPSA) is 37.8 Å². The lowest BCUT2D eigenvalue weighted by Crippen LogP contribution is -2.15. The Morgan fingerprint density at radius 3 is 2.75 bits per heavy atom. The van der Waals surface area contributed by atoms with Crippen molar-refractivity contribution in [2.45, 2.75) is 39.7 Å². The van der Waals surface area contributed by atoms with E-state index in [9.17, 15) is 4.79 Å². The molecule has 12 heavy (non-hydrogen) atoms. The lowest BCUT2D eigenvalue weighted by Gasteiger charge is -1.99. The van der Waals surface area contributed by atoms with E-state index in [0.29, 0.717) is 0 Å². The SMILES string of the molecule is CCCCCn1[nH]c(C)cc1=O. The molecule has 0 saturated carbocycles. The average Bonchev–Trinajstić information content (AvgIpc) is 2.31. The molecule has 3 heteroatoms. The van der Waals surface area contributed by atoms with E-state index in [0.717, 1.165) is 18.7 Å². The first kappa shape index (κ1) is 9.10. The fourth-order valence-electron chi connectivity index (χ4n) is 1.25. The second kappa shape index (κ2) is 4.14. The largest absolute Gasteiger partial charge is 0.300 e. The molecule has 1 heterocycles. The van der Waals surface area contributed by atoms with Gasteiger partial charge in [0.1, 0.15) is 0 Å². The second-order valence-electron chi connectivity index (χ2n) is 3.14. The smallest absolute Gasteiger partial charge is 0.266 e. The van der Waals surface area contributed by atoms with Crippen LogP contribution in [0.25, 0.3) is 0 Å². The number of H-pyrrole nitrogens is 1. The van der Waals surface area contributed by atoms with E-state index < -0.39 is 0 Å². The van der Waals surface area contributed by atoms with Gasteiger partial charge in [-0.15, -0.1) is 0 Å². The third-order valence-electron chi connectivity index (χ3n) is 1.90. The Bertz CT molecular complexity index is 285. The summed E-state index contributed by atoms with van der Waals surface area (Å²) in [5, 5.41) is 3.01. The van der Waals surface area contributed by atoms with Crippen LogP contribution >= 0.6 is 0 Å². The maximum absolute atomic E-state index is 11.2. The molecular weight excluding hydrogens is 152 g/mol. The van der Waals surface area contributed by atoms with Crippen LogP contribution in [0.15, 0.2) is 10.9 Å². The van der Waals surface area contributed by atoms with Crippen molar-refractivity contribution in [3.8, 4) is 0 Å². The quantitative estimate of drug-likeness (QED) is 0.682. The van der Waals surface area contributed by atoms with Crippen LogP contribution in [0.2, 0.25) is 0 Å². The van der Waals surface area contributed by atoms with E-state index in [1.54, 1.807) is 10.7 Å². The predicted octanol–water partition coefficient (Wildman–Crippen LogP) is 1.68. The van der Waals surface area contributed by atoms with Gasteiger partial charge >= 0.3 is 0 Å². The van der Waals surface area contributed by atoms with E-state index in [1.807, 2.05) is 6.92 Å². The Hall–Kier alpha value is -0.990. The minimum Gasteiger partial charge on any atom is -0.300 e. The van der Waals surface area contributed by atoms with Crippen molar-refractivity contribution in [3.05, 3.63) is 22.1 Å². The number of aromatic amines is 1. The highest BCUT2D eigenvalue weighted by Crippen LogP contribution is 1.95. The monoisotopic (exact) mass is 168 g/mol. The highest BCUT2D eigenvalue weighted by molar-refractivity contribution is 4.95. The van der Waals surface area contributed by atoms with Crippen LogP contribution in [0.3, 0.4) is 0 Å². The summed E-state index contributed by atoms with van der Waals surface area (Å²) in [4.78, 5) is 11.2. The normalized spacial score (nSPS) is 10.5. The van der Waals surface area contributed by atoms with Crippen molar-refractivity contribution >= 4 is 0 Å². The molecular formula is C9H16N2O. The zero-order valence-corrected chi connectivity index (χ0v) is 7.76. The van der Waals surface area contributed by atoms with Crippen molar-refractivity contribution in [1.29, 1.82) is 0 Å². The van der Waals surface area contributed by atoms with Crippen molar-refractivity contribution < 1.29 is 0 Å². The van der Waals surface area contributed by atoms with Crippen LogP contribution in [0.4, 0.5) is 0 Å². The van der Waals surface area contributed by atoms with Crippen LogP contribution in [-0.2, 0) is 6.54 Å². The van der Waals surface area contributed by atoms with Crippen LogP contribution in [-0.4, -0.2) is 9.78 Å². The maximum atomic E-state index is 11.2.